The number of halogens is 1. The minimum atomic E-state index is 0.740. The third-order valence-corrected chi connectivity index (χ3v) is 3.22. The maximum atomic E-state index is 5.90. The van der Waals surface area contributed by atoms with Gasteiger partial charge < -0.3 is 11.1 Å². The van der Waals surface area contributed by atoms with E-state index < -0.39 is 0 Å². The van der Waals surface area contributed by atoms with Crippen molar-refractivity contribution in [1.29, 1.82) is 0 Å². The molecule has 3 heteroatoms. The highest BCUT2D eigenvalue weighted by Crippen LogP contribution is 2.22. The van der Waals surface area contributed by atoms with E-state index in [1.165, 1.54) is 5.56 Å². The number of benzene rings is 2. The Morgan fingerprint density at radius 2 is 1.94 bits per heavy atom. The van der Waals surface area contributed by atoms with Gasteiger partial charge in [-0.25, -0.2) is 0 Å². The molecule has 17 heavy (non-hydrogen) atoms. The highest BCUT2D eigenvalue weighted by atomic mass is 79.9. The molecule has 0 saturated heterocycles. The van der Waals surface area contributed by atoms with Crippen molar-refractivity contribution in [3.8, 4) is 0 Å². The first-order chi connectivity index (χ1) is 8.16. The first kappa shape index (κ1) is 12.0. The highest BCUT2D eigenvalue weighted by Gasteiger charge is 2.01. The molecule has 2 aromatic rings. The average molecular weight is 291 g/mol. The van der Waals surface area contributed by atoms with Gasteiger partial charge in [0.25, 0.3) is 0 Å². The van der Waals surface area contributed by atoms with Crippen molar-refractivity contribution >= 4 is 27.3 Å². The van der Waals surface area contributed by atoms with Crippen LogP contribution >= 0.6 is 15.9 Å². The van der Waals surface area contributed by atoms with E-state index in [4.69, 9.17) is 5.73 Å². The Morgan fingerprint density at radius 3 is 2.71 bits per heavy atom. The van der Waals surface area contributed by atoms with E-state index in [9.17, 15) is 0 Å². The Bertz CT molecular complexity index is 523. The van der Waals surface area contributed by atoms with Crippen molar-refractivity contribution in [1.82, 2.24) is 0 Å². The van der Waals surface area contributed by atoms with Crippen LogP contribution in [0.15, 0.2) is 46.9 Å². The van der Waals surface area contributed by atoms with Crippen molar-refractivity contribution in [3.05, 3.63) is 58.1 Å². The summed E-state index contributed by atoms with van der Waals surface area (Å²) in [5.41, 5.74) is 10.2. The molecule has 0 aliphatic carbocycles. The predicted octanol–water partition coefficient (Wildman–Crippen LogP) is 3.95. The fraction of sp³-hybridized carbons (Fsp3) is 0.143. The van der Waals surface area contributed by atoms with E-state index in [0.717, 1.165) is 28.0 Å². The Morgan fingerprint density at radius 1 is 1.18 bits per heavy atom. The van der Waals surface area contributed by atoms with Gasteiger partial charge in [0.05, 0.1) is 0 Å². The zero-order valence-corrected chi connectivity index (χ0v) is 11.3. The second-order valence-corrected chi connectivity index (χ2v) is 4.93. The van der Waals surface area contributed by atoms with Crippen LogP contribution in [0.1, 0.15) is 11.1 Å². The summed E-state index contributed by atoms with van der Waals surface area (Å²) in [6.45, 7) is 2.83. The van der Waals surface area contributed by atoms with Crippen molar-refractivity contribution in [2.45, 2.75) is 13.5 Å². The molecule has 0 aromatic heterocycles. The molecule has 0 unspecified atom stereocenters. The quantitative estimate of drug-likeness (QED) is 0.840. The number of hydrogen-bond donors (Lipinski definition) is 2. The van der Waals surface area contributed by atoms with Gasteiger partial charge in [-0.15, -0.1) is 0 Å². The summed E-state index contributed by atoms with van der Waals surface area (Å²) < 4.78 is 1.08. The van der Waals surface area contributed by atoms with Crippen molar-refractivity contribution in [3.63, 3.8) is 0 Å². The minimum absolute atomic E-state index is 0.740. The van der Waals surface area contributed by atoms with Crippen LogP contribution in [0, 0.1) is 6.92 Å². The summed E-state index contributed by atoms with van der Waals surface area (Å²) in [4.78, 5) is 0. The second kappa shape index (κ2) is 5.23. The fourth-order valence-electron chi connectivity index (χ4n) is 1.67. The molecule has 2 nitrogen and oxygen atoms in total. The molecule has 0 aliphatic heterocycles. The van der Waals surface area contributed by atoms with E-state index >= 15 is 0 Å². The molecular formula is C14H15BrN2. The Balaban J connectivity index is 2.12. The van der Waals surface area contributed by atoms with Crippen molar-refractivity contribution < 1.29 is 0 Å². The number of rotatable bonds is 3. The third-order valence-electron chi connectivity index (χ3n) is 2.72. The Hall–Kier alpha value is -1.48. The van der Waals surface area contributed by atoms with Crippen LogP contribution in [0.3, 0.4) is 0 Å². The van der Waals surface area contributed by atoms with Crippen LogP contribution in [-0.2, 0) is 6.54 Å². The minimum Gasteiger partial charge on any atom is -0.398 e. The van der Waals surface area contributed by atoms with E-state index in [2.05, 4.69) is 40.3 Å². The Labute approximate surface area is 110 Å². The molecule has 0 fully saturated rings. The second-order valence-electron chi connectivity index (χ2n) is 4.01. The van der Waals surface area contributed by atoms with Gasteiger partial charge in [-0.1, -0.05) is 40.2 Å². The maximum Gasteiger partial charge on any atom is 0.0421 e. The van der Waals surface area contributed by atoms with Gasteiger partial charge in [0.1, 0.15) is 0 Å². The summed E-state index contributed by atoms with van der Waals surface area (Å²) in [7, 11) is 0. The lowest BCUT2D eigenvalue weighted by atomic mass is 10.1. The Kier molecular flexibility index (Phi) is 3.69. The van der Waals surface area contributed by atoms with Gasteiger partial charge in [0, 0.05) is 22.4 Å². The van der Waals surface area contributed by atoms with Crippen LogP contribution in [0.4, 0.5) is 11.4 Å². The molecule has 0 radical (unpaired) electrons. The monoisotopic (exact) mass is 290 g/mol. The number of nitrogens with one attached hydrogen (secondary N) is 1. The first-order valence-electron chi connectivity index (χ1n) is 5.50. The van der Waals surface area contributed by atoms with E-state index in [1.807, 2.05) is 30.3 Å². The number of nitrogen functional groups attached to an aromatic ring is 1. The molecule has 0 saturated carbocycles. The SMILES string of the molecule is Cc1ccc(Br)cc1NCc1ccccc1N. The standard InChI is InChI=1S/C14H15BrN2/c1-10-6-7-12(15)8-14(10)17-9-11-4-2-3-5-13(11)16/h2-8,17H,9,16H2,1H3. The molecule has 0 atom stereocenters. The van der Waals surface area contributed by atoms with Crippen molar-refractivity contribution in [2.75, 3.05) is 11.1 Å². The van der Waals surface area contributed by atoms with Crippen LogP contribution in [0.5, 0.6) is 0 Å². The molecular weight excluding hydrogens is 276 g/mol. The molecule has 2 rings (SSSR count). The van der Waals surface area contributed by atoms with E-state index in [-0.39, 0.29) is 0 Å². The summed E-state index contributed by atoms with van der Waals surface area (Å²) >= 11 is 3.47. The lowest BCUT2D eigenvalue weighted by molar-refractivity contribution is 1.14. The zero-order valence-electron chi connectivity index (χ0n) is 9.70. The molecule has 0 bridgehead atoms. The number of anilines is 2. The largest absolute Gasteiger partial charge is 0.398 e. The third kappa shape index (κ3) is 3.01. The van der Waals surface area contributed by atoms with Gasteiger partial charge >= 0.3 is 0 Å². The number of para-hydroxylation sites is 1. The number of hydrogen-bond acceptors (Lipinski definition) is 2. The van der Waals surface area contributed by atoms with E-state index in [1.54, 1.807) is 0 Å². The average Bonchev–Trinajstić information content (AvgIpc) is 2.32. The fourth-order valence-corrected chi connectivity index (χ4v) is 2.03. The van der Waals surface area contributed by atoms with Crippen LogP contribution < -0.4 is 11.1 Å². The first-order valence-corrected chi connectivity index (χ1v) is 6.29. The summed E-state index contributed by atoms with van der Waals surface area (Å²) in [6.07, 6.45) is 0. The van der Waals surface area contributed by atoms with Crippen LogP contribution in [-0.4, -0.2) is 0 Å². The highest BCUT2D eigenvalue weighted by molar-refractivity contribution is 9.10. The maximum absolute atomic E-state index is 5.90. The smallest absolute Gasteiger partial charge is 0.0421 e. The molecule has 0 heterocycles. The van der Waals surface area contributed by atoms with E-state index in [0.29, 0.717) is 0 Å². The normalized spacial score (nSPS) is 10.2. The van der Waals surface area contributed by atoms with Crippen LogP contribution in [0.2, 0.25) is 0 Å². The van der Waals surface area contributed by atoms with Crippen molar-refractivity contribution in [2.24, 2.45) is 0 Å². The number of aryl methyl sites for hydroxylation is 1. The molecule has 88 valence electrons. The van der Waals surface area contributed by atoms with Gasteiger partial charge in [-0.3, -0.25) is 0 Å². The lowest BCUT2D eigenvalue weighted by Crippen LogP contribution is -2.03. The van der Waals surface area contributed by atoms with Gasteiger partial charge in [0.15, 0.2) is 0 Å². The van der Waals surface area contributed by atoms with Crippen LogP contribution in [0.25, 0.3) is 0 Å². The van der Waals surface area contributed by atoms with Gasteiger partial charge in [-0.2, -0.15) is 0 Å². The molecule has 0 amide bonds. The molecule has 0 spiro atoms. The summed E-state index contributed by atoms with van der Waals surface area (Å²) in [5.74, 6) is 0. The number of nitrogens with two attached hydrogens (primary N) is 1. The molecule has 0 aliphatic rings. The predicted molar refractivity (Wildman–Crippen MR) is 77.1 cm³/mol. The van der Waals surface area contributed by atoms with Gasteiger partial charge in [0.2, 0.25) is 0 Å². The summed E-state index contributed by atoms with van der Waals surface area (Å²) in [6, 6.07) is 14.1. The molecule has 2 aromatic carbocycles. The lowest BCUT2D eigenvalue weighted by Gasteiger charge is -2.11. The zero-order chi connectivity index (χ0) is 12.3. The van der Waals surface area contributed by atoms with Gasteiger partial charge in [-0.05, 0) is 36.2 Å². The molecule has 3 N–H and O–H groups in total. The topological polar surface area (TPSA) is 38.0 Å². The summed E-state index contributed by atoms with van der Waals surface area (Å²) in [5, 5.41) is 3.40.